The van der Waals surface area contributed by atoms with Crippen molar-refractivity contribution in [1.82, 2.24) is 0 Å². The second kappa shape index (κ2) is 5.80. The van der Waals surface area contributed by atoms with Crippen LogP contribution in [0.3, 0.4) is 0 Å². The molecular weight excluding hydrogens is 302 g/mol. The summed E-state index contributed by atoms with van der Waals surface area (Å²) >= 11 is 12.5. The van der Waals surface area contributed by atoms with Gasteiger partial charge in [-0.05, 0) is 6.08 Å². The average Bonchev–Trinajstić information content (AvgIpc) is 2.47. The Morgan fingerprint density at radius 2 is 1.84 bits per heavy atom. The van der Waals surface area contributed by atoms with E-state index in [9.17, 15) is 9.59 Å². The van der Waals surface area contributed by atoms with Crippen molar-refractivity contribution in [1.29, 1.82) is 0 Å². The molecule has 2 unspecified atom stereocenters. The maximum atomic E-state index is 11.4. The minimum atomic E-state index is -2.83. The van der Waals surface area contributed by atoms with Crippen molar-refractivity contribution in [2.24, 2.45) is 0 Å². The van der Waals surface area contributed by atoms with Gasteiger partial charge in [-0.3, -0.25) is 0 Å². The van der Waals surface area contributed by atoms with Gasteiger partial charge >= 0.3 is 0 Å². The normalized spacial score (nSPS) is 21.1. The second-order valence-electron chi connectivity index (χ2n) is 3.92. The van der Waals surface area contributed by atoms with Gasteiger partial charge in [0.25, 0.3) is 0 Å². The Labute approximate surface area is 120 Å². The van der Waals surface area contributed by atoms with E-state index in [1.54, 1.807) is 48.4 Å². The van der Waals surface area contributed by atoms with Crippen molar-refractivity contribution in [3.05, 3.63) is 59.2 Å². The molecule has 2 atom stereocenters. The number of allylic oxidation sites excluding steroid dienone is 5. The predicted octanol–water partition coefficient (Wildman–Crippen LogP) is 3.37. The first-order chi connectivity index (χ1) is 9.13. The Morgan fingerprint density at radius 3 is 2.42 bits per heavy atom. The van der Waals surface area contributed by atoms with E-state index in [1.165, 1.54) is 0 Å². The SMILES string of the molecule is O=C=C1C(Cl)=CC=CC1P(Cl)(=C=O)c1ccccc1. The van der Waals surface area contributed by atoms with Crippen LogP contribution in [-0.2, 0) is 9.59 Å². The third-order valence-electron chi connectivity index (χ3n) is 2.85. The smallest absolute Gasteiger partial charge is 0.136 e. The highest BCUT2D eigenvalue weighted by Gasteiger charge is 2.34. The van der Waals surface area contributed by atoms with E-state index in [2.05, 4.69) is 0 Å². The lowest BCUT2D eigenvalue weighted by Gasteiger charge is -2.25. The second-order valence-corrected chi connectivity index (χ2v) is 8.46. The lowest BCUT2D eigenvalue weighted by molar-refractivity contribution is 0.567. The molecule has 96 valence electrons. The first-order valence-corrected chi connectivity index (χ1v) is 8.60. The third-order valence-corrected chi connectivity index (χ3v) is 7.11. The van der Waals surface area contributed by atoms with E-state index in [4.69, 9.17) is 22.8 Å². The molecule has 0 saturated heterocycles. The Hall–Kier alpha value is -1.26. The average molecular weight is 311 g/mol. The van der Waals surface area contributed by atoms with Crippen LogP contribution in [0.5, 0.6) is 0 Å². The molecule has 0 radical (unpaired) electrons. The van der Waals surface area contributed by atoms with Gasteiger partial charge in [0.1, 0.15) is 11.6 Å². The highest BCUT2D eigenvalue weighted by Crippen LogP contribution is 2.59. The summed E-state index contributed by atoms with van der Waals surface area (Å²) in [5, 5.41) is 0.930. The first kappa shape index (κ1) is 14.2. The first-order valence-electron chi connectivity index (χ1n) is 5.46. The van der Waals surface area contributed by atoms with E-state index >= 15 is 0 Å². The molecule has 2 nitrogen and oxygen atoms in total. The van der Waals surface area contributed by atoms with Gasteiger partial charge in [-0.15, -0.1) is 0 Å². The van der Waals surface area contributed by atoms with Gasteiger partial charge in [0.2, 0.25) is 0 Å². The van der Waals surface area contributed by atoms with Crippen LogP contribution in [0.1, 0.15) is 0 Å². The number of halogens is 2. The van der Waals surface area contributed by atoms with Crippen LogP contribution in [0, 0.1) is 0 Å². The van der Waals surface area contributed by atoms with Crippen LogP contribution >= 0.6 is 29.1 Å². The summed E-state index contributed by atoms with van der Waals surface area (Å²) in [6.07, 6.45) is 2.13. The number of hydrogen-bond acceptors (Lipinski definition) is 2. The highest BCUT2D eigenvalue weighted by molar-refractivity contribution is 8.03. The van der Waals surface area contributed by atoms with Crippen LogP contribution in [0.15, 0.2) is 59.2 Å². The molecule has 0 fully saturated rings. The molecule has 0 heterocycles. The van der Waals surface area contributed by atoms with Gasteiger partial charge in [-0.1, -0.05) is 65.3 Å². The van der Waals surface area contributed by atoms with Crippen LogP contribution in [0.4, 0.5) is 0 Å². The van der Waals surface area contributed by atoms with E-state index < -0.39 is 11.9 Å². The number of rotatable bonds is 2. The van der Waals surface area contributed by atoms with Gasteiger partial charge in [-0.25, -0.2) is 9.59 Å². The summed E-state index contributed by atoms with van der Waals surface area (Å²) in [6, 6.07) is 8.92. The van der Waals surface area contributed by atoms with E-state index in [0.717, 1.165) is 0 Å². The summed E-state index contributed by atoms with van der Waals surface area (Å²) in [4.78, 5) is 22.5. The molecule has 0 bridgehead atoms. The van der Waals surface area contributed by atoms with Crippen molar-refractivity contribution in [3.63, 3.8) is 0 Å². The summed E-state index contributed by atoms with van der Waals surface area (Å²) in [5.74, 6) is 1.79. The summed E-state index contributed by atoms with van der Waals surface area (Å²) in [6.45, 7) is 0. The van der Waals surface area contributed by atoms with Gasteiger partial charge in [-0.2, -0.15) is 0 Å². The molecule has 0 spiro atoms. The molecule has 1 aliphatic rings. The summed E-state index contributed by atoms with van der Waals surface area (Å²) in [5.41, 5.74) is 1.57. The predicted molar refractivity (Wildman–Crippen MR) is 80.6 cm³/mol. The quantitative estimate of drug-likeness (QED) is 0.620. The molecule has 0 amide bonds. The summed E-state index contributed by atoms with van der Waals surface area (Å²) in [7, 11) is 0. The molecule has 19 heavy (non-hydrogen) atoms. The molecule has 0 aromatic heterocycles. The zero-order chi connectivity index (χ0) is 13.9. The maximum Gasteiger partial charge on any atom is 0.136 e. The standard InChI is InChI=1S/C14H9Cl2O2P/c15-13-7-4-8-14(12(13)9-17)19(16,10-18)11-5-2-1-3-6-11/h1-8,14H. The molecule has 1 aromatic carbocycles. The number of hydrogen-bond donors (Lipinski definition) is 0. The van der Waals surface area contributed by atoms with Crippen molar-refractivity contribution in [2.75, 3.05) is 0 Å². The van der Waals surface area contributed by atoms with Crippen LogP contribution in [0.2, 0.25) is 0 Å². The molecule has 1 aromatic rings. The lowest BCUT2D eigenvalue weighted by Crippen LogP contribution is -2.17. The zero-order valence-electron chi connectivity index (χ0n) is 9.72. The van der Waals surface area contributed by atoms with Crippen LogP contribution in [-0.4, -0.2) is 17.3 Å². The fourth-order valence-electron chi connectivity index (χ4n) is 1.89. The third kappa shape index (κ3) is 2.55. The van der Waals surface area contributed by atoms with Gasteiger partial charge in [0.05, 0.1) is 22.5 Å². The van der Waals surface area contributed by atoms with Gasteiger partial charge in [0.15, 0.2) is 0 Å². The Balaban J connectivity index is 2.62. The highest BCUT2D eigenvalue weighted by atomic mass is 35.7. The Kier molecular flexibility index (Phi) is 4.32. The molecule has 0 N–H and O–H groups in total. The minimum absolute atomic E-state index is 0.208. The maximum absolute atomic E-state index is 11.4. The lowest BCUT2D eigenvalue weighted by atomic mass is 10.1. The van der Waals surface area contributed by atoms with E-state index in [1.807, 2.05) is 11.7 Å². The van der Waals surface area contributed by atoms with Crippen molar-refractivity contribution in [2.45, 2.75) is 5.66 Å². The molecule has 5 heteroatoms. The topological polar surface area (TPSA) is 34.1 Å². The fraction of sp³-hybridized carbons (Fsp3) is 0.0714. The molecule has 1 aliphatic carbocycles. The number of carbonyl (C=O) groups excluding carboxylic acids is 2. The molecule has 0 saturated carbocycles. The van der Waals surface area contributed by atoms with Crippen LogP contribution < -0.4 is 5.30 Å². The monoisotopic (exact) mass is 310 g/mol. The summed E-state index contributed by atoms with van der Waals surface area (Å²) < 4.78 is 0. The molecular formula is C14H9Cl2O2P. The Bertz CT molecular complexity index is 679. The van der Waals surface area contributed by atoms with Crippen molar-refractivity contribution < 1.29 is 9.59 Å². The van der Waals surface area contributed by atoms with Gasteiger partial charge < -0.3 is 0 Å². The molecule has 0 aliphatic heterocycles. The minimum Gasteiger partial charge on any atom is -0.233 e. The van der Waals surface area contributed by atoms with Crippen molar-refractivity contribution in [3.8, 4) is 0 Å². The van der Waals surface area contributed by atoms with E-state index in [-0.39, 0.29) is 10.6 Å². The van der Waals surface area contributed by atoms with E-state index in [0.29, 0.717) is 5.30 Å². The fourth-order valence-corrected chi connectivity index (χ4v) is 5.05. The largest absolute Gasteiger partial charge is 0.233 e. The zero-order valence-corrected chi connectivity index (χ0v) is 12.1. The van der Waals surface area contributed by atoms with Crippen molar-refractivity contribution >= 4 is 46.0 Å². The Morgan fingerprint density at radius 1 is 1.16 bits per heavy atom. The number of benzene rings is 1. The van der Waals surface area contributed by atoms with Crippen LogP contribution in [0.25, 0.3) is 0 Å². The molecule has 2 rings (SSSR count). The van der Waals surface area contributed by atoms with Gasteiger partial charge in [0, 0.05) is 5.30 Å².